The lowest BCUT2D eigenvalue weighted by molar-refractivity contribution is -0.117. The second-order valence-electron chi connectivity index (χ2n) is 4.26. The van der Waals surface area contributed by atoms with E-state index in [9.17, 15) is 4.79 Å². The lowest BCUT2D eigenvalue weighted by atomic mass is 10.2. The average Bonchev–Trinajstić information content (AvgIpc) is 2.36. The highest BCUT2D eigenvalue weighted by Gasteiger charge is 2.15. The summed E-state index contributed by atoms with van der Waals surface area (Å²) in [5.74, 6) is -0.0576. The summed E-state index contributed by atoms with van der Waals surface area (Å²) in [4.78, 5) is 13.9. The predicted molar refractivity (Wildman–Crippen MR) is 71.5 cm³/mol. The molecule has 0 unspecified atom stereocenters. The fourth-order valence-electron chi connectivity index (χ4n) is 1.79. The van der Waals surface area contributed by atoms with Crippen molar-refractivity contribution in [3.63, 3.8) is 0 Å². The van der Waals surface area contributed by atoms with E-state index in [0.717, 1.165) is 12.1 Å². The van der Waals surface area contributed by atoms with Crippen LogP contribution in [-0.2, 0) is 9.53 Å². The molecular weight excluding hydrogens is 252 g/mol. The van der Waals surface area contributed by atoms with Crippen LogP contribution in [0.5, 0.6) is 0 Å². The summed E-state index contributed by atoms with van der Waals surface area (Å²) in [6.45, 7) is 6.06. The van der Waals surface area contributed by atoms with Gasteiger partial charge in [-0.25, -0.2) is 0 Å². The highest BCUT2D eigenvalue weighted by molar-refractivity contribution is 6.34. The van der Waals surface area contributed by atoms with Crippen LogP contribution in [0.15, 0.2) is 18.2 Å². The molecule has 2 rings (SSSR count). The Morgan fingerprint density at radius 3 is 3.11 bits per heavy atom. The Hall–Kier alpha value is -1.10. The molecule has 1 amide bonds. The highest BCUT2D eigenvalue weighted by Crippen LogP contribution is 2.24. The molecule has 18 heavy (non-hydrogen) atoms. The summed E-state index contributed by atoms with van der Waals surface area (Å²) in [5.41, 5.74) is 1.62. The largest absolute Gasteiger partial charge is 0.373 e. The Bertz CT molecular complexity index is 431. The average molecular weight is 268 g/mol. The van der Waals surface area contributed by atoms with Crippen LogP contribution in [0.2, 0.25) is 5.02 Å². The Kier molecular flexibility index (Phi) is 4.58. The van der Waals surface area contributed by atoms with Gasteiger partial charge in [0.2, 0.25) is 5.91 Å². The van der Waals surface area contributed by atoms with E-state index < -0.39 is 0 Å². The molecule has 0 spiro atoms. The first-order valence-electron chi connectivity index (χ1n) is 5.87. The molecule has 1 aliphatic heterocycles. The lowest BCUT2D eigenvalue weighted by Gasteiger charge is -2.25. The number of morpholine rings is 1. The van der Waals surface area contributed by atoms with Gasteiger partial charge in [0.25, 0.3) is 0 Å². The van der Waals surface area contributed by atoms with Crippen LogP contribution in [0, 0.1) is 13.5 Å². The van der Waals surface area contributed by atoms with Crippen LogP contribution < -0.4 is 5.32 Å². The molecule has 97 valence electrons. The minimum Gasteiger partial charge on any atom is -0.373 e. The van der Waals surface area contributed by atoms with Crippen molar-refractivity contribution in [2.45, 2.75) is 6.92 Å². The smallest absolute Gasteiger partial charge is 0.238 e. The summed E-state index contributed by atoms with van der Waals surface area (Å²) >= 11 is 6.13. The van der Waals surface area contributed by atoms with Gasteiger partial charge in [-0.05, 0) is 18.6 Å². The van der Waals surface area contributed by atoms with Crippen LogP contribution in [0.1, 0.15) is 5.56 Å². The van der Waals surface area contributed by atoms with Gasteiger partial charge in [0.15, 0.2) is 0 Å². The third-order valence-corrected chi connectivity index (χ3v) is 3.31. The quantitative estimate of drug-likeness (QED) is 0.912. The molecule has 5 heteroatoms. The maximum atomic E-state index is 11.9. The van der Waals surface area contributed by atoms with Crippen molar-refractivity contribution in [3.05, 3.63) is 35.4 Å². The van der Waals surface area contributed by atoms with Gasteiger partial charge < -0.3 is 10.1 Å². The normalized spacial score (nSPS) is 16.6. The van der Waals surface area contributed by atoms with Crippen molar-refractivity contribution in [1.29, 1.82) is 0 Å². The molecule has 1 fully saturated rings. The fraction of sp³-hybridized carbons (Fsp3) is 0.385. The van der Waals surface area contributed by atoms with Crippen LogP contribution in [0.4, 0.5) is 5.69 Å². The number of aryl methyl sites for hydroxylation is 1. The maximum Gasteiger partial charge on any atom is 0.238 e. The summed E-state index contributed by atoms with van der Waals surface area (Å²) in [6, 6.07) is 5.59. The number of hydrogen-bond acceptors (Lipinski definition) is 3. The first-order chi connectivity index (χ1) is 8.66. The lowest BCUT2D eigenvalue weighted by Crippen LogP contribution is -2.39. The fourth-order valence-corrected chi connectivity index (χ4v) is 1.97. The molecule has 0 aliphatic carbocycles. The van der Waals surface area contributed by atoms with Crippen molar-refractivity contribution in [2.75, 3.05) is 31.6 Å². The van der Waals surface area contributed by atoms with Gasteiger partial charge in [-0.3, -0.25) is 9.69 Å². The standard InChI is InChI=1S/C13H16ClN2O2/c1-10-3-2-4-11(13(10)14)15-12(17)9-16-5-7-18-8-6-16/h2-4,7H,5-6,8-9H2,1H3,(H,15,17). The third-order valence-electron chi connectivity index (χ3n) is 2.81. The van der Waals surface area contributed by atoms with E-state index in [2.05, 4.69) is 5.32 Å². The van der Waals surface area contributed by atoms with E-state index >= 15 is 0 Å². The zero-order valence-electron chi connectivity index (χ0n) is 10.3. The Morgan fingerprint density at radius 2 is 2.39 bits per heavy atom. The first kappa shape index (κ1) is 13.3. The van der Waals surface area contributed by atoms with Gasteiger partial charge >= 0.3 is 0 Å². The van der Waals surface area contributed by atoms with Gasteiger partial charge in [0.05, 0.1) is 30.5 Å². The van der Waals surface area contributed by atoms with Gasteiger partial charge in [-0.1, -0.05) is 23.7 Å². The highest BCUT2D eigenvalue weighted by atomic mass is 35.5. The van der Waals surface area contributed by atoms with E-state index in [1.54, 1.807) is 12.7 Å². The van der Waals surface area contributed by atoms with E-state index in [4.69, 9.17) is 16.3 Å². The molecule has 0 atom stereocenters. The van der Waals surface area contributed by atoms with Gasteiger partial charge in [-0.15, -0.1) is 0 Å². The number of amides is 1. The minimum absolute atomic E-state index is 0.0576. The second-order valence-corrected chi connectivity index (χ2v) is 4.64. The number of rotatable bonds is 3. The summed E-state index contributed by atoms with van der Waals surface area (Å²) in [7, 11) is 0. The monoisotopic (exact) mass is 267 g/mol. The first-order valence-corrected chi connectivity index (χ1v) is 6.25. The van der Waals surface area contributed by atoms with Gasteiger partial charge in [-0.2, -0.15) is 0 Å². The summed E-state index contributed by atoms with van der Waals surface area (Å²) < 4.78 is 5.11. The molecule has 1 aromatic rings. The van der Waals surface area contributed by atoms with E-state index in [-0.39, 0.29) is 5.91 Å². The zero-order valence-corrected chi connectivity index (χ0v) is 11.0. The van der Waals surface area contributed by atoms with E-state index in [1.807, 2.05) is 24.0 Å². The Morgan fingerprint density at radius 1 is 1.56 bits per heavy atom. The topological polar surface area (TPSA) is 41.6 Å². The zero-order chi connectivity index (χ0) is 13.0. The Balaban J connectivity index is 1.92. The van der Waals surface area contributed by atoms with Crippen LogP contribution >= 0.6 is 11.6 Å². The number of carbonyl (C=O) groups excluding carboxylic acids is 1. The number of nitrogens with one attached hydrogen (secondary N) is 1. The number of hydrogen-bond donors (Lipinski definition) is 1. The molecule has 1 radical (unpaired) electrons. The molecule has 1 aliphatic rings. The van der Waals surface area contributed by atoms with Crippen LogP contribution in [0.25, 0.3) is 0 Å². The number of halogens is 1. The molecule has 1 N–H and O–H groups in total. The molecule has 1 aromatic carbocycles. The number of anilines is 1. The summed E-state index contributed by atoms with van der Waals surface area (Å²) in [6.07, 6.45) is 0. The molecule has 0 saturated carbocycles. The van der Waals surface area contributed by atoms with Crippen molar-refractivity contribution in [2.24, 2.45) is 0 Å². The molecule has 0 bridgehead atoms. The number of nitrogens with zero attached hydrogens (tertiary/aromatic N) is 1. The van der Waals surface area contributed by atoms with Crippen LogP contribution in [0.3, 0.4) is 0 Å². The molecule has 0 aromatic heterocycles. The van der Waals surface area contributed by atoms with E-state index in [1.165, 1.54) is 0 Å². The van der Waals surface area contributed by atoms with Crippen molar-refractivity contribution in [1.82, 2.24) is 4.90 Å². The van der Waals surface area contributed by atoms with Crippen molar-refractivity contribution < 1.29 is 9.53 Å². The number of ether oxygens (including phenoxy) is 1. The van der Waals surface area contributed by atoms with Crippen molar-refractivity contribution in [3.8, 4) is 0 Å². The number of benzene rings is 1. The van der Waals surface area contributed by atoms with E-state index in [0.29, 0.717) is 30.4 Å². The minimum atomic E-state index is -0.0576. The molecular formula is C13H16ClN2O2. The van der Waals surface area contributed by atoms with Crippen molar-refractivity contribution >= 4 is 23.2 Å². The maximum absolute atomic E-state index is 11.9. The SMILES string of the molecule is Cc1cccc(NC(=O)CN2C[CH]OCC2)c1Cl. The molecule has 4 nitrogen and oxygen atoms in total. The van der Waals surface area contributed by atoms with Gasteiger partial charge in [0.1, 0.15) is 0 Å². The third kappa shape index (κ3) is 3.45. The van der Waals surface area contributed by atoms with Crippen LogP contribution in [-0.4, -0.2) is 37.0 Å². The number of carbonyl (C=O) groups is 1. The molecule has 1 saturated heterocycles. The summed E-state index contributed by atoms with van der Waals surface area (Å²) in [5, 5.41) is 3.43. The molecule has 1 heterocycles. The second kappa shape index (κ2) is 6.18. The van der Waals surface area contributed by atoms with Gasteiger partial charge in [0, 0.05) is 13.1 Å². The Labute approximate surface area is 112 Å². The predicted octanol–water partition coefficient (Wildman–Crippen LogP) is 2.08.